The largest absolute Gasteiger partial charge is 0.412 e. The van der Waals surface area contributed by atoms with Crippen LogP contribution in [0.3, 0.4) is 0 Å². The lowest BCUT2D eigenvalue weighted by molar-refractivity contribution is 0.147. The second-order valence-electron chi connectivity index (χ2n) is 6.44. The van der Waals surface area contributed by atoms with E-state index in [0.717, 1.165) is 52.8 Å². The van der Waals surface area contributed by atoms with Crippen LogP contribution in [-0.4, -0.2) is 28.2 Å². The van der Waals surface area contributed by atoms with Crippen molar-refractivity contribution in [3.63, 3.8) is 0 Å². The zero-order valence-electron chi connectivity index (χ0n) is 15.4. The highest BCUT2D eigenvalue weighted by molar-refractivity contribution is 5.83. The average molecular weight is 355 g/mol. The number of nitrogens with zero attached hydrogens (tertiary/aromatic N) is 2. The second kappa shape index (κ2) is 8.32. The van der Waals surface area contributed by atoms with Gasteiger partial charge in [-0.15, -0.1) is 9.94 Å². The summed E-state index contributed by atoms with van der Waals surface area (Å²) in [7, 11) is 0. The number of hydrogen-bond acceptors (Lipinski definition) is 3. The monoisotopic (exact) mass is 355 g/mol. The van der Waals surface area contributed by atoms with Crippen molar-refractivity contribution in [1.82, 2.24) is 15.3 Å². The number of hydrogen-bond donors (Lipinski definition) is 2. The van der Waals surface area contributed by atoms with Gasteiger partial charge in [0.15, 0.2) is 0 Å². The van der Waals surface area contributed by atoms with Crippen LogP contribution < -0.4 is 5.32 Å². The molecular formula is C21H26FN3O. The number of benzene rings is 2. The predicted molar refractivity (Wildman–Crippen MR) is 102 cm³/mol. The van der Waals surface area contributed by atoms with E-state index in [1.807, 2.05) is 44.2 Å². The van der Waals surface area contributed by atoms with Gasteiger partial charge >= 0.3 is 0 Å². The van der Waals surface area contributed by atoms with E-state index in [1.54, 1.807) is 12.3 Å². The summed E-state index contributed by atoms with van der Waals surface area (Å²) >= 11 is 0. The molecule has 0 saturated carbocycles. The van der Waals surface area contributed by atoms with E-state index in [4.69, 9.17) is 0 Å². The topological polar surface area (TPSA) is 50.1 Å². The van der Waals surface area contributed by atoms with Gasteiger partial charge in [0.25, 0.3) is 0 Å². The van der Waals surface area contributed by atoms with Crippen LogP contribution in [-0.2, 0) is 6.42 Å². The van der Waals surface area contributed by atoms with Gasteiger partial charge in [-0.05, 0) is 60.3 Å². The molecule has 2 aromatic carbocycles. The number of halogens is 1. The van der Waals surface area contributed by atoms with Crippen molar-refractivity contribution in [1.29, 1.82) is 0 Å². The first-order chi connectivity index (χ1) is 12.7. The molecule has 0 spiro atoms. The maximum atomic E-state index is 14.5. The standard InChI is InChI=1S/C19H20FN3O.C2H6/c20-18-10-15-4-2-1-3-14(15)9-16(18)11-19-17(12-23(24)22-19)13-5-7-21-8-6-13;1-2/h1-4,9-10,12-13,21,24H,5-8,11H2;1-2H3. The molecule has 2 heterocycles. The van der Waals surface area contributed by atoms with Crippen LogP contribution in [0.15, 0.2) is 42.6 Å². The second-order valence-corrected chi connectivity index (χ2v) is 6.44. The SMILES string of the molecule is CC.On1cc(C2CCNCC2)c(Cc2cc3ccccc3cc2F)n1. The Bertz CT molecular complexity index is 869. The Morgan fingerprint density at radius 3 is 2.50 bits per heavy atom. The average Bonchev–Trinajstić information content (AvgIpc) is 3.05. The van der Waals surface area contributed by atoms with Crippen LogP contribution in [0.1, 0.15) is 49.4 Å². The van der Waals surface area contributed by atoms with Crippen molar-refractivity contribution in [2.75, 3.05) is 13.1 Å². The van der Waals surface area contributed by atoms with Crippen LogP contribution in [0.25, 0.3) is 10.8 Å². The van der Waals surface area contributed by atoms with Crippen molar-refractivity contribution in [3.05, 3.63) is 65.2 Å². The zero-order valence-corrected chi connectivity index (χ0v) is 15.4. The molecule has 0 aliphatic carbocycles. The van der Waals surface area contributed by atoms with E-state index in [9.17, 15) is 9.60 Å². The van der Waals surface area contributed by atoms with Crippen molar-refractivity contribution in [2.24, 2.45) is 0 Å². The molecule has 1 fully saturated rings. The first kappa shape index (κ1) is 18.4. The third-order valence-electron chi connectivity index (χ3n) is 4.86. The Balaban J connectivity index is 0.000000948. The first-order valence-corrected chi connectivity index (χ1v) is 9.36. The van der Waals surface area contributed by atoms with Gasteiger partial charge in [-0.3, -0.25) is 0 Å². The number of rotatable bonds is 3. The van der Waals surface area contributed by atoms with Crippen molar-refractivity contribution >= 4 is 10.8 Å². The summed E-state index contributed by atoms with van der Waals surface area (Å²) in [5.74, 6) is 0.142. The van der Waals surface area contributed by atoms with Gasteiger partial charge in [0.1, 0.15) is 5.82 Å². The van der Waals surface area contributed by atoms with E-state index in [0.29, 0.717) is 17.9 Å². The van der Waals surface area contributed by atoms with Crippen LogP contribution in [0.2, 0.25) is 0 Å². The van der Waals surface area contributed by atoms with Gasteiger partial charge in [0.05, 0.1) is 11.9 Å². The predicted octanol–water partition coefficient (Wildman–Crippen LogP) is 4.50. The van der Waals surface area contributed by atoms with Crippen molar-refractivity contribution in [2.45, 2.75) is 39.0 Å². The number of aromatic nitrogens is 2. The van der Waals surface area contributed by atoms with Crippen molar-refractivity contribution in [3.8, 4) is 0 Å². The van der Waals surface area contributed by atoms with E-state index >= 15 is 0 Å². The summed E-state index contributed by atoms with van der Waals surface area (Å²) in [6, 6.07) is 11.2. The maximum Gasteiger partial charge on any atom is 0.127 e. The minimum absolute atomic E-state index is 0.225. The Labute approximate surface area is 153 Å². The number of piperidine rings is 1. The summed E-state index contributed by atoms with van der Waals surface area (Å²) in [6.45, 7) is 5.93. The quantitative estimate of drug-likeness (QED) is 0.680. The van der Waals surface area contributed by atoms with E-state index in [-0.39, 0.29) is 5.82 Å². The fraction of sp³-hybridized carbons (Fsp3) is 0.381. The van der Waals surface area contributed by atoms with Crippen LogP contribution >= 0.6 is 0 Å². The third-order valence-corrected chi connectivity index (χ3v) is 4.86. The molecule has 4 rings (SSSR count). The molecule has 3 aromatic rings. The van der Waals surface area contributed by atoms with Gasteiger partial charge in [0.2, 0.25) is 0 Å². The summed E-state index contributed by atoms with van der Waals surface area (Å²) in [4.78, 5) is 0.867. The van der Waals surface area contributed by atoms with Crippen LogP contribution in [0, 0.1) is 5.82 Å². The Morgan fingerprint density at radius 1 is 1.15 bits per heavy atom. The molecule has 2 N–H and O–H groups in total. The highest BCUT2D eigenvalue weighted by Gasteiger charge is 2.22. The molecule has 1 aliphatic rings. The highest BCUT2D eigenvalue weighted by atomic mass is 19.1. The molecule has 26 heavy (non-hydrogen) atoms. The molecule has 0 amide bonds. The minimum atomic E-state index is -0.225. The molecule has 5 heteroatoms. The number of fused-ring (bicyclic) bond motifs is 1. The fourth-order valence-corrected chi connectivity index (χ4v) is 3.60. The molecule has 1 saturated heterocycles. The molecule has 0 atom stereocenters. The smallest absolute Gasteiger partial charge is 0.127 e. The van der Waals surface area contributed by atoms with Gasteiger partial charge < -0.3 is 10.5 Å². The summed E-state index contributed by atoms with van der Waals surface area (Å²) < 4.78 is 14.5. The Morgan fingerprint density at radius 2 is 1.81 bits per heavy atom. The van der Waals surface area contributed by atoms with Gasteiger partial charge in [-0.25, -0.2) is 4.39 Å². The summed E-state index contributed by atoms with van der Waals surface area (Å²) in [5, 5.41) is 19.2. The van der Waals surface area contributed by atoms with Gasteiger partial charge in [-0.1, -0.05) is 38.1 Å². The summed E-state index contributed by atoms with van der Waals surface area (Å²) in [6.07, 6.45) is 4.09. The molecular weight excluding hydrogens is 329 g/mol. The van der Waals surface area contributed by atoms with E-state index in [1.165, 1.54) is 0 Å². The Kier molecular flexibility index (Phi) is 5.89. The van der Waals surface area contributed by atoms with Crippen LogP contribution in [0.4, 0.5) is 4.39 Å². The zero-order chi connectivity index (χ0) is 18.5. The first-order valence-electron chi connectivity index (χ1n) is 9.36. The maximum absolute atomic E-state index is 14.5. The molecule has 4 nitrogen and oxygen atoms in total. The molecule has 0 unspecified atom stereocenters. The van der Waals surface area contributed by atoms with Gasteiger partial charge in [0, 0.05) is 12.0 Å². The molecule has 138 valence electrons. The molecule has 1 aromatic heterocycles. The molecule has 1 aliphatic heterocycles. The molecule has 0 radical (unpaired) electrons. The third kappa shape index (κ3) is 3.88. The Hall–Kier alpha value is -2.40. The van der Waals surface area contributed by atoms with Crippen molar-refractivity contribution < 1.29 is 9.60 Å². The minimum Gasteiger partial charge on any atom is -0.412 e. The fourth-order valence-electron chi connectivity index (χ4n) is 3.60. The number of nitrogens with one attached hydrogen (secondary N) is 1. The molecule has 0 bridgehead atoms. The van der Waals surface area contributed by atoms with Gasteiger partial charge in [-0.2, -0.15) is 0 Å². The highest BCUT2D eigenvalue weighted by Crippen LogP contribution is 2.30. The lowest BCUT2D eigenvalue weighted by atomic mass is 9.89. The van der Waals surface area contributed by atoms with E-state index < -0.39 is 0 Å². The van der Waals surface area contributed by atoms with Crippen LogP contribution in [0.5, 0.6) is 0 Å². The van der Waals surface area contributed by atoms with E-state index in [2.05, 4.69) is 10.4 Å². The lowest BCUT2D eigenvalue weighted by Gasteiger charge is -2.22. The summed E-state index contributed by atoms with van der Waals surface area (Å²) in [5.41, 5.74) is 2.41. The normalized spacial score (nSPS) is 14.9. The lowest BCUT2D eigenvalue weighted by Crippen LogP contribution is -2.26.